The van der Waals surface area contributed by atoms with Crippen molar-refractivity contribution in [3.05, 3.63) is 21.1 Å². The van der Waals surface area contributed by atoms with Gasteiger partial charge in [-0.1, -0.05) is 48.5 Å². The Labute approximate surface area is 144 Å². The lowest BCUT2D eigenvalue weighted by Gasteiger charge is -2.16. The van der Waals surface area contributed by atoms with Crippen molar-refractivity contribution in [1.29, 1.82) is 0 Å². The van der Waals surface area contributed by atoms with Crippen molar-refractivity contribution in [2.24, 2.45) is 0 Å². The third kappa shape index (κ3) is 5.88. The third-order valence-corrected chi connectivity index (χ3v) is 6.20. The topological polar surface area (TPSA) is 72.2 Å². The standard InChI is InChI=1S/C14H22Br2N2O2S/c1-3-4-5-6-7-10(2)18-21(19,20)14-12(16)8-11(15)9-13(14)17/h8-10,18H,3-7,17H2,1-2H3. The summed E-state index contributed by atoms with van der Waals surface area (Å²) in [5.74, 6) is 0. The van der Waals surface area contributed by atoms with E-state index in [4.69, 9.17) is 5.73 Å². The highest BCUT2D eigenvalue weighted by Crippen LogP contribution is 2.31. The summed E-state index contributed by atoms with van der Waals surface area (Å²) >= 11 is 6.56. The maximum atomic E-state index is 12.4. The zero-order chi connectivity index (χ0) is 16.0. The number of anilines is 1. The van der Waals surface area contributed by atoms with Gasteiger partial charge in [-0.2, -0.15) is 0 Å². The van der Waals surface area contributed by atoms with Crippen LogP contribution in [0, 0.1) is 0 Å². The lowest BCUT2D eigenvalue weighted by Crippen LogP contribution is -2.33. The lowest BCUT2D eigenvalue weighted by atomic mass is 10.1. The highest BCUT2D eigenvalue weighted by molar-refractivity contribution is 9.11. The maximum absolute atomic E-state index is 12.4. The summed E-state index contributed by atoms with van der Waals surface area (Å²) in [6.07, 6.45) is 5.33. The number of benzene rings is 1. The number of rotatable bonds is 8. The molecule has 120 valence electrons. The fourth-order valence-electron chi connectivity index (χ4n) is 2.12. The van der Waals surface area contributed by atoms with E-state index in [9.17, 15) is 8.42 Å². The molecule has 0 saturated carbocycles. The summed E-state index contributed by atoms with van der Waals surface area (Å²) < 4.78 is 28.8. The van der Waals surface area contributed by atoms with E-state index in [-0.39, 0.29) is 16.6 Å². The van der Waals surface area contributed by atoms with Gasteiger partial charge in [0.15, 0.2) is 0 Å². The SMILES string of the molecule is CCCCCCC(C)NS(=O)(=O)c1c(N)cc(Br)cc1Br. The molecule has 0 aromatic heterocycles. The Hall–Kier alpha value is -0.110. The van der Waals surface area contributed by atoms with Crippen LogP contribution in [-0.4, -0.2) is 14.5 Å². The second kappa shape index (κ2) is 8.50. The molecule has 21 heavy (non-hydrogen) atoms. The smallest absolute Gasteiger partial charge is 0.243 e. The number of halogens is 2. The van der Waals surface area contributed by atoms with Gasteiger partial charge in [0, 0.05) is 15.0 Å². The molecular formula is C14H22Br2N2O2S. The first-order valence-corrected chi connectivity index (χ1v) is 10.1. The zero-order valence-electron chi connectivity index (χ0n) is 12.3. The Morgan fingerprint density at radius 3 is 2.48 bits per heavy atom. The molecule has 0 aliphatic carbocycles. The minimum Gasteiger partial charge on any atom is -0.398 e. The molecule has 1 atom stereocenters. The van der Waals surface area contributed by atoms with E-state index < -0.39 is 10.0 Å². The van der Waals surface area contributed by atoms with Crippen LogP contribution in [0.5, 0.6) is 0 Å². The number of nitrogens with two attached hydrogens (primary N) is 1. The summed E-state index contributed by atoms with van der Waals surface area (Å²) in [6, 6.07) is 3.16. The van der Waals surface area contributed by atoms with E-state index >= 15 is 0 Å². The van der Waals surface area contributed by atoms with E-state index in [0.717, 1.165) is 23.7 Å². The monoisotopic (exact) mass is 440 g/mol. The van der Waals surface area contributed by atoms with Crippen LogP contribution >= 0.6 is 31.9 Å². The highest BCUT2D eigenvalue weighted by atomic mass is 79.9. The Balaban J connectivity index is 2.78. The number of nitrogens with one attached hydrogen (secondary N) is 1. The first-order chi connectivity index (χ1) is 9.77. The van der Waals surface area contributed by atoms with E-state index in [1.165, 1.54) is 12.8 Å². The summed E-state index contributed by atoms with van der Waals surface area (Å²) in [4.78, 5) is 0.103. The molecule has 0 spiro atoms. The molecule has 0 heterocycles. The van der Waals surface area contributed by atoms with Gasteiger partial charge in [0.1, 0.15) is 4.90 Å². The van der Waals surface area contributed by atoms with Crippen molar-refractivity contribution in [1.82, 2.24) is 4.72 Å². The maximum Gasteiger partial charge on any atom is 0.243 e. The van der Waals surface area contributed by atoms with Crippen LogP contribution in [0.3, 0.4) is 0 Å². The van der Waals surface area contributed by atoms with E-state index in [2.05, 4.69) is 43.5 Å². The predicted molar refractivity (Wildman–Crippen MR) is 94.8 cm³/mol. The minimum atomic E-state index is -3.62. The molecule has 0 saturated heterocycles. The van der Waals surface area contributed by atoms with Gasteiger partial charge in [0.2, 0.25) is 10.0 Å². The molecule has 4 nitrogen and oxygen atoms in total. The van der Waals surface area contributed by atoms with Crippen LogP contribution in [0.25, 0.3) is 0 Å². The Kier molecular flexibility index (Phi) is 7.67. The molecule has 3 N–H and O–H groups in total. The van der Waals surface area contributed by atoms with Crippen molar-refractivity contribution >= 4 is 47.6 Å². The van der Waals surface area contributed by atoms with Crippen LogP contribution in [0.1, 0.15) is 46.0 Å². The van der Waals surface area contributed by atoms with Crippen LogP contribution in [0.2, 0.25) is 0 Å². The van der Waals surface area contributed by atoms with Crippen molar-refractivity contribution in [3.8, 4) is 0 Å². The quantitative estimate of drug-likeness (QED) is 0.462. The van der Waals surface area contributed by atoms with Gasteiger partial charge in [0.05, 0.1) is 5.69 Å². The predicted octanol–water partition coefficient (Wildman–Crippen LogP) is 4.43. The average molecular weight is 442 g/mol. The van der Waals surface area contributed by atoms with E-state index in [0.29, 0.717) is 4.47 Å². The second-order valence-corrected chi connectivity index (χ2v) is 8.60. The van der Waals surface area contributed by atoms with Gasteiger partial charge in [0.25, 0.3) is 0 Å². The number of hydrogen-bond donors (Lipinski definition) is 2. The van der Waals surface area contributed by atoms with E-state index in [1.54, 1.807) is 12.1 Å². The van der Waals surface area contributed by atoms with Crippen molar-refractivity contribution in [2.75, 3.05) is 5.73 Å². The van der Waals surface area contributed by atoms with Crippen LogP contribution in [0.4, 0.5) is 5.69 Å². The van der Waals surface area contributed by atoms with Gasteiger partial charge < -0.3 is 5.73 Å². The Morgan fingerprint density at radius 2 is 1.90 bits per heavy atom. The molecular weight excluding hydrogens is 420 g/mol. The van der Waals surface area contributed by atoms with Crippen LogP contribution in [-0.2, 0) is 10.0 Å². The van der Waals surface area contributed by atoms with Crippen molar-refractivity contribution in [2.45, 2.75) is 56.9 Å². The summed E-state index contributed by atoms with van der Waals surface area (Å²) in [6.45, 7) is 4.03. The normalized spacial score (nSPS) is 13.3. The molecule has 0 aliphatic rings. The molecule has 0 aliphatic heterocycles. The number of nitrogen functional groups attached to an aromatic ring is 1. The first-order valence-electron chi connectivity index (χ1n) is 7.04. The fraction of sp³-hybridized carbons (Fsp3) is 0.571. The highest BCUT2D eigenvalue weighted by Gasteiger charge is 2.23. The minimum absolute atomic E-state index is 0.103. The largest absolute Gasteiger partial charge is 0.398 e. The van der Waals surface area contributed by atoms with Gasteiger partial charge in [-0.05, 0) is 41.4 Å². The average Bonchev–Trinajstić information content (AvgIpc) is 2.32. The lowest BCUT2D eigenvalue weighted by molar-refractivity contribution is 0.522. The van der Waals surface area contributed by atoms with Crippen LogP contribution in [0.15, 0.2) is 26.0 Å². The Morgan fingerprint density at radius 1 is 1.24 bits per heavy atom. The summed E-state index contributed by atoms with van der Waals surface area (Å²) in [5, 5.41) is 0. The molecule has 1 aromatic rings. The van der Waals surface area contributed by atoms with Gasteiger partial charge in [-0.3, -0.25) is 0 Å². The number of unbranched alkanes of at least 4 members (excludes halogenated alkanes) is 3. The Bertz CT molecular complexity index is 553. The van der Waals surface area contributed by atoms with Crippen molar-refractivity contribution in [3.63, 3.8) is 0 Å². The van der Waals surface area contributed by atoms with Gasteiger partial charge >= 0.3 is 0 Å². The molecule has 0 fully saturated rings. The molecule has 0 bridgehead atoms. The molecule has 1 unspecified atom stereocenters. The van der Waals surface area contributed by atoms with E-state index in [1.807, 2.05) is 6.92 Å². The van der Waals surface area contributed by atoms with Crippen LogP contribution < -0.4 is 10.5 Å². The first kappa shape index (κ1) is 18.9. The fourth-order valence-corrected chi connectivity index (χ4v) is 5.47. The summed E-state index contributed by atoms with van der Waals surface area (Å²) in [5.41, 5.74) is 6.07. The third-order valence-electron chi connectivity index (χ3n) is 3.15. The number of hydrogen-bond acceptors (Lipinski definition) is 3. The molecule has 1 aromatic carbocycles. The van der Waals surface area contributed by atoms with Crippen molar-refractivity contribution < 1.29 is 8.42 Å². The van der Waals surface area contributed by atoms with Gasteiger partial charge in [-0.25, -0.2) is 13.1 Å². The number of sulfonamides is 1. The molecule has 0 amide bonds. The zero-order valence-corrected chi connectivity index (χ0v) is 16.3. The summed E-state index contributed by atoms with van der Waals surface area (Å²) in [7, 11) is -3.62. The molecule has 1 rings (SSSR count). The molecule has 7 heteroatoms. The second-order valence-electron chi connectivity index (χ2n) is 5.18. The van der Waals surface area contributed by atoms with Gasteiger partial charge in [-0.15, -0.1) is 0 Å². The molecule has 0 radical (unpaired) electrons.